The van der Waals surface area contributed by atoms with Gasteiger partial charge in [0.25, 0.3) is 5.78 Å². The predicted octanol–water partition coefficient (Wildman–Crippen LogP) is 2.50. The summed E-state index contributed by atoms with van der Waals surface area (Å²) in [5, 5.41) is 10.2. The zero-order valence-corrected chi connectivity index (χ0v) is 14.7. The predicted molar refractivity (Wildman–Crippen MR) is 99.9 cm³/mol. The Labute approximate surface area is 155 Å². The minimum absolute atomic E-state index is 0.155. The van der Waals surface area contributed by atoms with Crippen molar-refractivity contribution >= 4 is 17.5 Å². The zero-order chi connectivity index (χ0) is 18.6. The Bertz CT molecular complexity index is 1040. The van der Waals surface area contributed by atoms with E-state index in [1.54, 1.807) is 23.8 Å². The van der Waals surface area contributed by atoms with Crippen LogP contribution in [-0.2, 0) is 11.3 Å². The molecule has 0 aliphatic heterocycles. The summed E-state index contributed by atoms with van der Waals surface area (Å²) in [5.74, 6) is 1.64. The summed E-state index contributed by atoms with van der Waals surface area (Å²) in [4.78, 5) is 21.1. The minimum atomic E-state index is -0.488. The number of amides is 1. The molecule has 0 aliphatic rings. The van der Waals surface area contributed by atoms with Crippen LogP contribution in [-0.4, -0.2) is 31.5 Å². The molecule has 1 aromatic carbocycles. The van der Waals surface area contributed by atoms with Gasteiger partial charge in [-0.15, -0.1) is 0 Å². The fourth-order valence-corrected chi connectivity index (χ4v) is 2.70. The fourth-order valence-electron chi connectivity index (χ4n) is 2.70. The molecule has 0 aliphatic carbocycles. The second-order valence-electron chi connectivity index (χ2n) is 6.03. The minimum Gasteiger partial charge on any atom is -0.467 e. The molecular weight excluding hydrogens is 344 g/mol. The number of hydrogen-bond donors (Lipinski definition) is 2. The van der Waals surface area contributed by atoms with Crippen molar-refractivity contribution in [3.63, 3.8) is 0 Å². The number of hydrogen-bond acceptors (Lipinski definition) is 6. The van der Waals surface area contributed by atoms with Gasteiger partial charge in [0, 0.05) is 11.6 Å². The highest BCUT2D eigenvalue weighted by Gasteiger charge is 2.16. The van der Waals surface area contributed by atoms with Gasteiger partial charge in [0.1, 0.15) is 23.9 Å². The van der Waals surface area contributed by atoms with Crippen molar-refractivity contribution in [2.75, 3.05) is 5.32 Å². The molecule has 4 rings (SSSR count). The first-order chi connectivity index (χ1) is 13.2. The lowest BCUT2D eigenvalue weighted by molar-refractivity contribution is -0.121. The number of aromatic nitrogens is 4. The van der Waals surface area contributed by atoms with Crippen LogP contribution < -0.4 is 10.6 Å². The number of furan rings is 1. The molecule has 0 fully saturated rings. The molecule has 0 bridgehead atoms. The fraction of sp³-hybridized carbons (Fsp3) is 0.158. The molecule has 0 radical (unpaired) electrons. The molecule has 0 saturated heterocycles. The number of nitrogens with zero attached hydrogens (tertiary/aromatic N) is 4. The van der Waals surface area contributed by atoms with Crippen LogP contribution in [0.1, 0.15) is 12.7 Å². The highest BCUT2D eigenvalue weighted by atomic mass is 16.3. The molecule has 3 heterocycles. The summed E-state index contributed by atoms with van der Waals surface area (Å²) in [6.45, 7) is 2.12. The first kappa shape index (κ1) is 16.8. The maximum Gasteiger partial charge on any atom is 0.254 e. The second kappa shape index (κ2) is 7.28. The van der Waals surface area contributed by atoms with Crippen LogP contribution in [0.5, 0.6) is 0 Å². The number of fused-ring (bicyclic) bond motifs is 1. The van der Waals surface area contributed by atoms with Gasteiger partial charge in [0.15, 0.2) is 0 Å². The molecule has 27 heavy (non-hydrogen) atoms. The Morgan fingerprint density at radius 3 is 2.85 bits per heavy atom. The van der Waals surface area contributed by atoms with E-state index in [-0.39, 0.29) is 5.91 Å². The van der Waals surface area contributed by atoms with Crippen LogP contribution in [0.4, 0.5) is 5.82 Å². The first-order valence-electron chi connectivity index (χ1n) is 8.53. The van der Waals surface area contributed by atoms with Gasteiger partial charge < -0.3 is 15.1 Å². The van der Waals surface area contributed by atoms with Crippen molar-refractivity contribution < 1.29 is 9.21 Å². The molecule has 8 heteroatoms. The first-order valence-corrected chi connectivity index (χ1v) is 8.53. The number of anilines is 1. The van der Waals surface area contributed by atoms with Gasteiger partial charge in [-0.3, -0.25) is 4.79 Å². The lowest BCUT2D eigenvalue weighted by Gasteiger charge is -2.16. The number of rotatable bonds is 6. The van der Waals surface area contributed by atoms with Crippen LogP contribution in [0.2, 0.25) is 0 Å². The Kier molecular flexibility index (Phi) is 4.52. The highest BCUT2D eigenvalue weighted by Crippen LogP contribution is 2.21. The number of benzene rings is 1. The molecule has 1 atom stereocenters. The lowest BCUT2D eigenvalue weighted by atomic mass is 10.1. The van der Waals surface area contributed by atoms with E-state index in [1.807, 2.05) is 42.5 Å². The van der Waals surface area contributed by atoms with Gasteiger partial charge in [-0.1, -0.05) is 30.3 Å². The van der Waals surface area contributed by atoms with E-state index in [0.29, 0.717) is 23.9 Å². The van der Waals surface area contributed by atoms with Crippen LogP contribution in [0.15, 0.2) is 65.5 Å². The van der Waals surface area contributed by atoms with E-state index in [9.17, 15) is 4.79 Å². The van der Waals surface area contributed by atoms with Crippen molar-refractivity contribution in [3.8, 4) is 11.3 Å². The molecular formula is C19H18N6O2. The monoisotopic (exact) mass is 362 g/mol. The Hall–Kier alpha value is -3.68. The van der Waals surface area contributed by atoms with Gasteiger partial charge in [0.2, 0.25) is 5.91 Å². The smallest absolute Gasteiger partial charge is 0.254 e. The summed E-state index contributed by atoms with van der Waals surface area (Å²) >= 11 is 0. The molecule has 2 N–H and O–H groups in total. The number of nitrogens with one attached hydrogen (secondary N) is 2. The van der Waals surface area contributed by atoms with Crippen molar-refractivity contribution in [2.45, 2.75) is 19.5 Å². The third-order valence-electron chi connectivity index (χ3n) is 4.10. The van der Waals surface area contributed by atoms with E-state index in [1.165, 1.54) is 6.33 Å². The standard InChI is InChI=1S/C19H18N6O2/c1-13(18(26)20-11-15-8-5-9-27-15)23-17-10-16(14-6-3-2-4-7-14)24-19-21-12-22-25(17)19/h2-10,12-13,23H,11H2,1H3,(H,20,26). The van der Waals surface area contributed by atoms with Crippen LogP contribution in [0.25, 0.3) is 17.0 Å². The largest absolute Gasteiger partial charge is 0.467 e. The van der Waals surface area contributed by atoms with Gasteiger partial charge in [-0.2, -0.15) is 14.6 Å². The number of carbonyl (C=O) groups excluding carboxylic acids is 1. The van der Waals surface area contributed by atoms with Crippen LogP contribution >= 0.6 is 0 Å². The normalized spacial score (nSPS) is 12.0. The highest BCUT2D eigenvalue weighted by molar-refractivity contribution is 5.84. The van der Waals surface area contributed by atoms with Gasteiger partial charge in [-0.05, 0) is 19.1 Å². The van der Waals surface area contributed by atoms with Crippen LogP contribution in [0.3, 0.4) is 0 Å². The maximum atomic E-state index is 12.4. The molecule has 8 nitrogen and oxygen atoms in total. The third kappa shape index (κ3) is 3.64. The summed E-state index contributed by atoms with van der Waals surface area (Å²) in [6, 6.07) is 14.7. The van der Waals surface area contributed by atoms with E-state index in [4.69, 9.17) is 4.42 Å². The lowest BCUT2D eigenvalue weighted by Crippen LogP contribution is -2.37. The molecule has 0 saturated carbocycles. The average Bonchev–Trinajstić information content (AvgIpc) is 3.38. The van der Waals surface area contributed by atoms with E-state index in [2.05, 4.69) is 25.7 Å². The van der Waals surface area contributed by atoms with Crippen molar-refractivity contribution in [1.82, 2.24) is 24.9 Å². The van der Waals surface area contributed by atoms with Gasteiger partial charge >= 0.3 is 0 Å². The Morgan fingerprint density at radius 1 is 1.22 bits per heavy atom. The third-order valence-corrected chi connectivity index (χ3v) is 4.10. The SMILES string of the molecule is CC(Nc1cc(-c2ccccc2)nc2ncnn12)C(=O)NCc1ccco1. The van der Waals surface area contributed by atoms with Gasteiger partial charge in [0.05, 0.1) is 18.5 Å². The number of carbonyl (C=O) groups is 1. The second-order valence-corrected chi connectivity index (χ2v) is 6.03. The molecule has 3 aromatic heterocycles. The molecule has 0 spiro atoms. The molecule has 136 valence electrons. The van der Waals surface area contributed by atoms with Gasteiger partial charge in [-0.25, -0.2) is 4.98 Å². The quantitative estimate of drug-likeness (QED) is 0.547. The zero-order valence-electron chi connectivity index (χ0n) is 14.7. The van der Waals surface area contributed by atoms with Crippen molar-refractivity contribution in [1.29, 1.82) is 0 Å². The molecule has 1 amide bonds. The summed E-state index contributed by atoms with van der Waals surface area (Å²) in [5.41, 5.74) is 1.71. The van der Waals surface area contributed by atoms with E-state index < -0.39 is 6.04 Å². The molecule has 4 aromatic rings. The summed E-state index contributed by atoms with van der Waals surface area (Å²) < 4.78 is 6.80. The summed E-state index contributed by atoms with van der Waals surface area (Å²) in [6.07, 6.45) is 3.01. The summed E-state index contributed by atoms with van der Waals surface area (Å²) in [7, 11) is 0. The van der Waals surface area contributed by atoms with Crippen LogP contribution in [0, 0.1) is 0 Å². The topological polar surface area (TPSA) is 97.4 Å². The maximum absolute atomic E-state index is 12.4. The van der Waals surface area contributed by atoms with E-state index >= 15 is 0 Å². The van der Waals surface area contributed by atoms with E-state index in [0.717, 1.165) is 11.3 Å². The van der Waals surface area contributed by atoms with Crippen molar-refractivity contribution in [2.24, 2.45) is 0 Å². The molecule has 1 unspecified atom stereocenters. The Balaban J connectivity index is 1.55. The Morgan fingerprint density at radius 2 is 2.07 bits per heavy atom. The average molecular weight is 362 g/mol. The van der Waals surface area contributed by atoms with Crippen molar-refractivity contribution in [3.05, 3.63) is 66.9 Å².